The fourth-order valence-electron chi connectivity index (χ4n) is 0.746. The smallest absolute Gasteiger partial charge is 0.106 e. The summed E-state index contributed by atoms with van der Waals surface area (Å²) in [5.74, 6) is 0.512. The van der Waals surface area contributed by atoms with Gasteiger partial charge >= 0.3 is 0 Å². The molecule has 0 saturated heterocycles. The number of aromatic nitrogens is 1. The van der Waals surface area contributed by atoms with E-state index in [9.17, 15) is 0 Å². The van der Waals surface area contributed by atoms with Gasteiger partial charge in [-0.25, -0.2) is 4.98 Å². The van der Waals surface area contributed by atoms with Gasteiger partial charge in [0.25, 0.3) is 0 Å². The van der Waals surface area contributed by atoms with Crippen LogP contribution in [0.25, 0.3) is 0 Å². The molecule has 0 radical (unpaired) electrons. The first kappa shape index (κ1) is 7.73. The van der Waals surface area contributed by atoms with Crippen LogP contribution in [0.3, 0.4) is 0 Å². The van der Waals surface area contributed by atoms with E-state index in [1.54, 1.807) is 0 Å². The fraction of sp³-hybridized carbons (Fsp3) is 0.375. The summed E-state index contributed by atoms with van der Waals surface area (Å²) in [5, 5.41) is 0. The molecule has 0 atom stereocenters. The van der Waals surface area contributed by atoms with Crippen molar-refractivity contribution < 1.29 is 0 Å². The molecule has 0 aliphatic rings. The lowest BCUT2D eigenvalue weighted by Gasteiger charge is -2.02. The van der Waals surface area contributed by atoms with Gasteiger partial charge in [-0.3, -0.25) is 0 Å². The molecule has 0 aliphatic carbocycles. The molecule has 1 nitrogen and oxygen atoms in total. The Morgan fingerprint density at radius 1 is 1.40 bits per heavy atom. The van der Waals surface area contributed by atoms with Gasteiger partial charge in [-0.05, 0) is 34.0 Å². The van der Waals surface area contributed by atoms with Crippen LogP contribution in [0, 0.1) is 0 Å². The van der Waals surface area contributed by atoms with E-state index in [-0.39, 0.29) is 0 Å². The highest BCUT2D eigenvalue weighted by molar-refractivity contribution is 9.10. The van der Waals surface area contributed by atoms with Crippen molar-refractivity contribution in [3.8, 4) is 0 Å². The molecule has 0 N–H and O–H groups in total. The summed E-state index contributed by atoms with van der Waals surface area (Å²) in [6.45, 7) is 4.27. The minimum absolute atomic E-state index is 0.512. The summed E-state index contributed by atoms with van der Waals surface area (Å²) in [7, 11) is 0. The molecule has 0 amide bonds. The van der Waals surface area contributed by atoms with Crippen LogP contribution < -0.4 is 0 Å². The summed E-state index contributed by atoms with van der Waals surface area (Å²) >= 11 is 3.32. The largest absolute Gasteiger partial charge is 0.246 e. The maximum Gasteiger partial charge on any atom is 0.106 e. The molecule has 10 heavy (non-hydrogen) atoms. The van der Waals surface area contributed by atoms with Crippen molar-refractivity contribution in [1.82, 2.24) is 4.98 Å². The van der Waals surface area contributed by atoms with Crippen LogP contribution in [-0.2, 0) is 0 Å². The molecule has 0 fully saturated rings. The third-order valence-electron chi connectivity index (χ3n) is 1.33. The van der Waals surface area contributed by atoms with Gasteiger partial charge in [-0.2, -0.15) is 0 Å². The Hall–Kier alpha value is -0.370. The fourth-order valence-corrected chi connectivity index (χ4v) is 1.10. The average molecular weight is 200 g/mol. The van der Waals surface area contributed by atoms with E-state index in [1.165, 1.54) is 0 Å². The molecule has 0 saturated carbocycles. The second-order valence-electron chi connectivity index (χ2n) is 2.54. The van der Waals surface area contributed by atoms with Gasteiger partial charge in [0.1, 0.15) is 4.60 Å². The topological polar surface area (TPSA) is 12.9 Å². The van der Waals surface area contributed by atoms with E-state index < -0.39 is 0 Å². The number of hydrogen-bond donors (Lipinski definition) is 0. The average Bonchev–Trinajstić information content (AvgIpc) is 1.88. The predicted octanol–water partition coefficient (Wildman–Crippen LogP) is 2.97. The lowest BCUT2D eigenvalue weighted by atomic mass is 10.1. The predicted molar refractivity (Wildman–Crippen MR) is 46.0 cm³/mol. The minimum atomic E-state index is 0.512. The van der Waals surface area contributed by atoms with E-state index in [4.69, 9.17) is 0 Å². The molecular formula is C8H10BrN. The number of halogens is 1. The second-order valence-corrected chi connectivity index (χ2v) is 3.35. The Balaban J connectivity index is 2.96. The van der Waals surface area contributed by atoms with Gasteiger partial charge in [0.05, 0.1) is 0 Å². The molecule has 2 heteroatoms. The Morgan fingerprint density at radius 3 is 2.50 bits per heavy atom. The van der Waals surface area contributed by atoms with E-state index in [2.05, 4.69) is 34.8 Å². The monoisotopic (exact) mass is 199 g/mol. The third kappa shape index (κ3) is 1.81. The number of pyridine rings is 1. The van der Waals surface area contributed by atoms with Gasteiger partial charge in [0.15, 0.2) is 0 Å². The zero-order valence-corrected chi connectivity index (χ0v) is 7.72. The first-order chi connectivity index (χ1) is 4.70. The van der Waals surface area contributed by atoms with Crippen molar-refractivity contribution in [3.05, 3.63) is 28.5 Å². The Labute approximate surface area is 69.6 Å². The molecule has 54 valence electrons. The first-order valence-corrected chi connectivity index (χ1v) is 4.12. The quantitative estimate of drug-likeness (QED) is 0.635. The molecule has 1 rings (SSSR count). The van der Waals surface area contributed by atoms with Crippen LogP contribution in [0.2, 0.25) is 0 Å². The molecule has 0 unspecified atom stereocenters. The lowest BCUT2D eigenvalue weighted by Crippen LogP contribution is -1.90. The molecule has 0 bridgehead atoms. The SMILES string of the molecule is CC(C)c1cccc(Br)n1. The van der Waals surface area contributed by atoms with E-state index in [1.807, 2.05) is 18.2 Å². The maximum absolute atomic E-state index is 4.29. The molecule has 0 spiro atoms. The van der Waals surface area contributed by atoms with Gasteiger partial charge in [0.2, 0.25) is 0 Å². The number of hydrogen-bond acceptors (Lipinski definition) is 1. The highest BCUT2D eigenvalue weighted by atomic mass is 79.9. The minimum Gasteiger partial charge on any atom is -0.246 e. The van der Waals surface area contributed by atoms with Crippen LogP contribution >= 0.6 is 15.9 Å². The van der Waals surface area contributed by atoms with Crippen LogP contribution in [0.4, 0.5) is 0 Å². The molecular weight excluding hydrogens is 190 g/mol. The van der Waals surface area contributed by atoms with E-state index >= 15 is 0 Å². The Kier molecular flexibility index (Phi) is 2.44. The van der Waals surface area contributed by atoms with Gasteiger partial charge in [-0.1, -0.05) is 19.9 Å². The summed E-state index contributed by atoms with van der Waals surface area (Å²) < 4.78 is 0.915. The van der Waals surface area contributed by atoms with Crippen LogP contribution in [-0.4, -0.2) is 4.98 Å². The Morgan fingerprint density at radius 2 is 2.10 bits per heavy atom. The van der Waals surface area contributed by atoms with Crippen molar-refractivity contribution in [2.45, 2.75) is 19.8 Å². The van der Waals surface area contributed by atoms with Crippen molar-refractivity contribution in [2.75, 3.05) is 0 Å². The van der Waals surface area contributed by atoms with Crippen molar-refractivity contribution in [2.24, 2.45) is 0 Å². The van der Waals surface area contributed by atoms with Crippen molar-refractivity contribution in [1.29, 1.82) is 0 Å². The normalized spacial score (nSPS) is 10.4. The maximum atomic E-state index is 4.29. The summed E-state index contributed by atoms with van der Waals surface area (Å²) in [6.07, 6.45) is 0. The molecule has 1 aromatic rings. The van der Waals surface area contributed by atoms with Crippen LogP contribution in [0.5, 0.6) is 0 Å². The van der Waals surface area contributed by atoms with Gasteiger partial charge < -0.3 is 0 Å². The highest BCUT2D eigenvalue weighted by Crippen LogP contribution is 2.13. The van der Waals surface area contributed by atoms with Gasteiger partial charge in [0, 0.05) is 5.69 Å². The van der Waals surface area contributed by atoms with E-state index in [0.717, 1.165) is 10.3 Å². The van der Waals surface area contributed by atoms with Crippen LogP contribution in [0.15, 0.2) is 22.8 Å². The summed E-state index contributed by atoms with van der Waals surface area (Å²) in [4.78, 5) is 4.29. The van der Waals surface area contributed by atoms with Crippen molar-refractivity contribution in [3.63, 3.8) is 0 Å². The lowest BCUT2D eigenvalue weighted by molar-refractivity contribution is 0.818. The zero-order chi connectivity index (χ0) is 7.56. The summed E-state index contributed by atoms with van der Waals surface area (Å²) in [6, 6.07) is 5.98. The standard InChI is InChI=1S/C8H10BrN/c1-6(2)7-4-3-5-8(9)10-7/h3-6H,1-2H3. The molecule has 0 aliphatic heterocycles. The van der Waals surface area contributed by atoms with Crippen molar-refractivity contribution >= 4 is 15.9 Å². The highest BCUT2D eigenvalue weighted by Gasteiger charge is 1.98. The molecule has 1 heterocycles. The Bertz CT molecular complexity index is 220. The van der Waals surface area contributed by atoms with E-state index in [0.29, 0.717) is 5.92 Å². The number of rotatable bonds is 1. The second kappa shape index (κ2) is 3.15. The summed E-state index contributed by atoms with van der Waals surface area (Å²) in [5.41, 5.74) is 1.13. The number of nitrogens with zero attached hydrogens (tertiary/aromatic N) is 1. The van der Waals surface area contributed by atoms with Crippen LogP contribution in [0.1, 0.15) is 25.5 Å². The van der Waals surface area contributed by atoms with Gasteiger partial charge in [-0.15, -0.1) is 0 Å². The third-order valence-corrected chi connectivity index (χ3v) is 1.77. The molecule has 0 aromatic carbocycles. The molecule has 1 aromatic heterocycles. The zero-order valence-electron chi connectivity index (χ0n) is 6.13. The first-order valence-electron chi connectivity index (χ1n) is 3.32.